The lowest BCUT2D eigenvalue weighted by Gasteiger charge is -2.13. The van der Waals surface area contributed by atoms with E-state index in [9.17, 15) is 0 Å². The Bertz CT molecular complexity index is 169. The first-order valence-corrected chi connectivity index (χ1v) is 3.40. The molecule has 0 spiro atoms. The third-order valence-corrected chi connectivity index (χ3v) is 1.38. The van der Waals surface area contributed by atoms with E-state index in [1.54, 1.807) is 0 Å². The van der Waals surface area contributed by atoms with E-state index in [-0.39, 0.29) is 0 Å². The van der Waals surface area contributed by atoms with E-state index in [1.807, 2.05) is 18.7 Å². The van der Waals surface area contributed by atoms with Crippen molar-refractivity contribution in [1.29, 1.82) is 0 Å². The molecular formula is C6H11N3O. The Balaban J connectivity index is 2.64. The van der Waals surface area contributed by atoms with Crippen LogP contribution in [0.25, 0.3) is 0 Å². The molecule has 0 saturated heterocycles. The predicted molar refractivity (Wildman–Crippen MR) is 37.9 cm³/mol. The van der Waals surface area contributed by atoms with Crippen LogP contribution in [0.15, 0.2) is 10.9 Å². The summed E-state index contributed by atoms with van der Waals surface area (Å²) in [5, 5.41) is 3.51. The van der Waals surface area contributed by atoms with Gasteiger partial charge >= 0.3 is 6.01 Å². The van der Waals surface area contributed by atoms with Crippen molar-refractivity contribution in [3.8, 4) is 0 Å². The second kappa shape index (κ2) is 3.20. The van der Waals surface area contributed by atoms with E-state index in [0.29, 0.717) is 6.01 Å². The molecule has 56 valence electrons. The van der Waals surface area contributed by atoms with Crippen molar-refractivity contribution in [2.45, 2.75) is 13.8 Å². The lowest BCUT2D eigenvalue weighted by Crippen LogP contribution is -2.21. The highest BCUT2D eigenvalue weighted by Crippen LogP contribution is 2.05. The van der Waals surface area contributed by atoms with Gasteiger partial charge in [0.1, 0.15) is 0 Å². The van der Waals surface area contributed by atoms with Crippen LogP contribution in [0.2, 0.25) is 0 Å². The van der Waals surface area contributed by atoms with E-state index in [4.69, 9.17) is 4.52 Å². The van der Waals surface area contributed by atoms with Crippen LogP contribution in [-0.4, -0.2) is 23.2 Å². The second-order valence-corrected chi connectivity index (χ2v) is 1.90. The van der Waals surface area contributed by atoms with Crippen LogP contribution in [0.1, 0.15) is 13.8 Å². The van der Waals surface area contributed by atoms with Crippen molar-refractivity contribution in [2.24, 2.45) is 0 Å². The molecular weight excluding hydrogens is 130 g/mol. The highest BCUT2D eigenvalue weighted by molar-refractivity contribution is 5.21. The first-order valence-electron chi connectivity index (χ1n) is 3.40. The summed E-state index contributed by atoms with van der Waals surface area (Å²) in [5.74, 6) is 0. The van der Waals surface area contributed by atoms with Gasteiger partial charge in [-0.2, -0.15) is 4.98 Å². The monoisotopic (exact) mass is 141 g/mol. The lowest BCUT2D eigenvalue weighted by molar-refractivity contribution is 0.414. The highest BCUT2D eigenvalue weighted by atomic mass is 16.5. The average molecular weight is 141 g/mol. The number of anilines is 1. The number of hydrogen-bond acceptors (Lipinski definition) is 4. The third-order valence-electron chi connectivity index (χ3n) is 1.38. The molecule has 0 radical (unpaired) electrons. The quantitative estimate of drug-likeness (QED) is 0.627. The predicted octanol–water partition coefficient (Wildman–Crippen LogP) is 0.916. The zero-order valence-electron chi connectivity index (χ0n) is 6.24. The Kier molecular flexibility index (Phi) is 2.25. The van der Waals surface area contributed by atoms with E-state index >= 15 is 0 Å². The van der Waals surface area contributed by atoms with Gasteiger partial charge in [0.15, 0.2) is 6.33 Å². The average Bonchev–Trinajstić information content (AvgIpc) is 2.43. The van der Waals surface area contributed by atoms with Crippen LogP contribution in [-0.2, 0) is 0 Å². The van der Waals surface area contributed by atoms with Crippen LogP contribution in [0, 0.1) is 0 Å². The molecule has 0 N–H and O–H groups in total. The summed E-state index contributed by atoms with van der Waals surface area (Å²) in [4.78, 5) is 5.90. The fourth-order valence-electron chi connectivity index (χ4n) is 0.801. The summed E-state index contributed by atoms with van der Waals surface area (Å²) >= 11 is 0. The summed E-state index contributed by atoms with van der Waals surface area (Å²) in [7, 11) is 0. The van der Waals surface area contributed by atoms with E-state index in [2.05, 4.69) is 10.1 Å². The van der Waals surface area contributed by atoms with Gasteiger partial charge in [0, 0.05) is 13.1 Å². The van der Waals surface area contributed by atoms with Gasteiger partial charge in [0.25, 0.3) is 0 Å². The molecule has 4 heteroatoms. The maximum atomic E-state index is 4.84. The molecule has 1 aromatic rings. The zero-order valence-corrected chi connectivity index (χ0v) is 6.24. The molecule has 0 aliphatic carbocycles. The molecule has 1 aromatic heterocycles. The van der Waals surface area contributed by atoms with E-state index in [1.165, 1.54) is 6.33 Å². The van der Waals surface area contributed by atoms with Gasteiger partial charge in [0.05, 0.1) is 0 Å². The standard InChI is InChI=1S/C6H11N3O/c1-3-9(4-2)6-7-5-8-10-6/h5H,3-4H2,1-2H3. The molecule has 4 nitrogen and oxygen atoms in total. The van der Waals surface area contributed by atoms with Gasteiger partial charge in [-0.3, -0.25) is 0 Å². The van der Waals surface area contributed by atoms with Crippen LogP contribution >= 0.6 is 0 Å². The molecule has 0 atom stereocenters. The largest absolute Gasteiger partial charge is 0.325 e. The van der Waals surface area contributed by atoms with Gasteiger partial charge in [-0.25, -0.2) is 0 Å². The minimum atomic E-state index is 0.602. The number of rotatable bonds is 3. The molecule has 0 unspecified atom stereocenters. The lowest BCUT2D eigenvalue weighted by atomic mass is 10.5. The van der Waals surface area contributed by atoms with Crippen molar-refractivity contribution in [1.82, 2.24) is 10.1 Å². The second-order valence-electron chi connectivity index (χ2n) is 1.90. The fraction of sp³-hybridized carbons (Fsp3) is 0.667. The van der Waals surface area contributed by atoms with Crippen molar-refractivity contribution >= 4 is 6.01 Å². The van der Waals surface area contributed by atoms with Crippen molar-refractivity contribution in [3.63, 3.8) is 0 Å². The highest BCUT2D eigenvalue weighted by Gasteiger charge is 2.04. The van der Waals surface area contributed by atoms with Crippen LogP contribution < -0.4 is 4.90 Å². The van der Waals surface area contributed by atoms with Gasteiger partial charge < -0.3 is 9.42 Å². The smallest absolute Gasteiger partial charge is 0.323 e. The number of aromatic nitrogens is 2. The summed E-state index contributed by atoms with van der Waals surface area (Å²) in [6.07, 6.45) is 1.41. The molecule has 10 heavy (non-hydrogen) atoms. The summed E-state index contributed by atoms with van der Waals surface area (Å²) in [5.41, 5.74) is 0. The van der Waals surface area contributed by atoms with Crippen molar-refractivity contribution in [3.05, 3.63) is 6.33 Å². The molecule has 0 aliphatic rings. The molecule has 1 rings (SSSR count). The molecule has 0 aromatic carbocycles. The summed E-state index contributed by atoms with van der Waals surface area (Å²) in [6, 6.07) is 0.602. The van der Waals surface area contributed by atoms with Gasteiger partial charge in [-0.1, -0.05) is 5.16 Å². The SMILES string of the molecule is CCN(CC)c1ncno1. The third kappa shape index (κ3) is 1.26. The molecule has 0 aliphatic heterocycles. The Labute approximate surface area is 59.8 Å². The zero-order chi connectivity index (χ0) is 7.40. The Morgan fingerprint density at radius 3 is 2.60 bits per heavy atom. The normalized spacial score (nSPS) is 9.80. The first kappa shape index (κ1) is 7.05. The molecule has 0 saturated carbocycles. The topological polar surface area (TPSA) is 42.2 Å². The molecule has 0 amide bonds. The van der Waals surface area contributed by atoms with Crippen LogP contribution in [0.4, 0.5) is 6.01 Å². The van der Waals surface area contributed by atoms with Gasteiger partial charge in [-0.15, -0.1) is 0 Å². The van der Waals surface area contributed by atoms with Gasteiger partial charge in [0.2, 0.25) is 0 Å². The number of hydrogen-bond donors (Lipinski definition) is 0. The maximum absolute atomic E-state index is 4.84. The van der Waals surface area contributed by atoms with Crippen LogP contribution in [0.5, 0.6) is 0 Å². The van der Waals surface area contributed by atoms with Crippen LogP contribution in [0.3, 0.4) is 0 Å². The summed E-state index contributed by atoms with van der Waals surface area (Å²) < 4.78 is 4.84. The van der Waals surface area contributed by atoms with E-state index < -0.39 is 0 Å². The maximum Gasteiger partial charge on any atom is 0.323 e. The van der Waals surface area contributed by atoms with E-state index in [0.717, 1.165) is 13.1 Å². The Morgan fingerprint density at radius 2 is 2.20 bits per heavy atom. The minimum Gasteiger partial charge on any atom is -0.325 e. The van der Waals surface area contributed by atoms with Crippen molar-refractivity contribution in [2.75, 3.05) is 18.0 Å². The fourth-order valence-corrected chi connectivity index (χ4v) is 0.801. The Hall–Kier alpha value is -1.06. The van der Waals surface area contributed by atoms with Gasteiger partial charge in [-0.05, 0) is 13.8 Å². The van der Waals surface area contributed by atoms with Crippen molar-refractivity contribution < 1.29 is 4.52 Å². The Morgan fingerprint density at radius 1 is 1.50 bits per heavy atom. The minimum absolute atomic E-state index is 0.602. The summed E-state index contributed by atoms with van der Waals surface area (Å²) in [6.45, 7) is 5.90. The first-order chi connectivity index (χ1) is 4.88. The molecule has 1 heterocycles. The number of nitrogens with zero attached hydrogens (tertiary/aromatic N) is 3. The molecule has 0 fully saturated rings. The molecule has 0 bridgehead atoms.